The summed E-state index contributed by atoms with van der Waals surface area (Å²) in [5.74, 6) is 1.21. The van der Waals surface area contributed by atoms with Gasteiger partial charge in [-0.1, -0.05) is 64.5 Å². The van der Waals surface area contributed by atoms with E-state index in [1.54, 1.807) is 0 Å². The lowest BCUT2D eigenvalue weighted by molar-refractivity contribution is -0.123. The van der Waals surface area contributed by atoms with Crippen molar-refractivity contribution in [2.45, 2.75) is 37.1 Å². The molecule has 1 amide bonds. The Hall–Kier alpha value is -1.61. The van der Waals surface area contributed by atoms with Crippen LogP contribution in [-0.4, -0.2) is 11.9 Å². The lowest BCUT2D eigenvalue weighted by Crippen LogP contribution is -2.32. The highest BCUT2D eigenvalue weighted by molar-refractivity contribution is 9.10. The maximum Gasteiger partial charge on any atom is 0.228 e. The molecular weight excluding hydrogens is 350 g/mol. The number of rotatable bonds is 5. The number of halogens is 1. The Balaban J connectivity index is 1.45. The summed E-state index contributed by atoms with van der Waals surface area (Å²) in [6.07, 6.45) is 3.39. The molecule has 3 heteroatoms. The Morgan fingerprint density at radius 1 is 1.04 bits per heavy atom. The van der Waals surface area contributed by atoms with Crippen molar-refractivity contribution >= 4 is 21.8 Å². The van der Waals surface area contributed by atoms with Crippen molar-refractivity contribution in [2.24, 2.45) is 5.92 Å². The first kappa shape index (κ1) is 14.9. The van der Waals surface area contributed by atoms with Gasteiger partial charge < -0.3 is 5.32 Å². The average molecular weight is 370 g/mol. The van der Waals surface area contributed by atoms with E-state index < -0.39 is 0 Å². The van der Waals surface area contributed by atoms with Crippen LogP contribution >= 0.6 is 15.9 Å². The van der Waals surface area contributed by atoms with Gasteiger partial charge in [0.1, 0.15) is 0 Å². The number of carbonyl (C=O) groups is 1. The number of hydrogen-bond donors (Lipinski definition) is 1. The third-order valence-electron chi connectivity index (χ3n) is 4.96. The van der Waals surface area contributed by atoms with Crippen LogP contribution in [0.1, 0.15) is 42.2 Å². The monoisotopic (exact) mass is 369 g/mol. The second kappa shape index (κ2) is 6.12. The van der Waals surface area contributed by atoms with Crippen LogP contribution in [0.5, 0.6) is 0 Å². The number of amides is 1. The van der Waals surface area contributed by atoms with E-state index in [-0.39, 0.29) is 17.9 Å². The van der Waals surface area contributed by atoms with Gasteiger partial charge in [-0.2, -0.15) is 0 Å². The summed E-state index contributed by atoms with van der Waals surface area (Å²) in [6, 6.07) is 18.8. The molecule has 118 valence electrons. The van der Waals surface area contributed by atoms with Gasteiger partial charge in [0.05, 0.1) is 5.92 Å². The Morgan fingerprint density at radius 3 is 2.43 bits per heavy atom. The first-order valence-corrected chi connectivity index (χ1v) is 9.13. The molecule has 2 saturated carbocycles. The molecule has 2 aromatic carbocycles. The summed E-state index contributed by atoms with van der Waals surface area (Å²) < 4.78 is 1.14. The normalized spacial score (nSPS) is 24.0. The predicted octanol–water partition coefficient (Wildman–Crippen LogP) is 4.62. The summed E-state index contributed by atoms with van der Waals surface area (Å²) >= 11 is 3.62. The molecule has 2 nitrogen and oxygen atoms in total. The minimum absolute atomic E-state index is 0.0247. The lowest BCUT2D eigenvalue weighted by atomic mass is 9.93. The van der Waals surface area contributed by atoms with Gasteiger partial charge in [0.25, 0.3) is 0 Å². The molecule has 2 aliphatic carbocycles. The Labute approximate surface area is 145 Å². The molecule has 0 saturated heterocycles. The Bertz CT molecular complexity index is 711. The minimum Gasteiger partial charge on any atom is -0.352 e. The van der Waals surface area contributed by atoms with Crippen molar-refractivity contribution in [3.8, 4) is 0 Å². The zero-order valence-corrected chi connectivity index (χ0v) is 14.5. The van der Waals surface area contributed by atoms with Crippen LogP contribution in [-0.2, 0) is 4.79 Å². The van der Waals surface area contributed by atoms with Gasteiger partial charge in [-0.15, -0.1) is 0 Å². The van der Waals surface area contributed by atoms with E-state index in [2.05, 4.69) is 51.6 Å². The number of carbonyl (C=O) groups excluding carboxylic acids is 1. The summed E-state index contributed by atoms with van der Waals surface area (Å²) in [5.41, 5.74) is 2.46. The fourth-order valence-corrected chi connectivity index (χ4v) is 4.05. The van der Waals surface area contributed by atoms with Gasteiger partial charge in [-0.05, 0) is 42.4 Å². The molecule has 0 heterocycles. The molecule has 0 aliphatic heterocycles. The van der Waals surface area contributed by atoms with E-state index in [1.165, 1.54) is 18.4 Å². The van der Waals surface area contributed by atoms with E-state index in [0.717, 1.165) is 16.5 Å². The molecule has 2 aromatic rings. The molecular formula is C20H20BrNO. The van der Waals surface area contributed by atoms with E-state index in [0.29, 0.717) is 11.8 Å². The van der Waals surface area contributed by atoms with Crippen molar-refractivity contribution in [3.63, 3.8) is 0 Å². The van der Waals surface area contributed by atoms with E-state index in [1.807, 2.05) is 24.3 Å². The highest BCUT2D eigenvalue weighted by atomic mass is 79.9. The first-order valence-electron chi connectivity index (χ1n) is 8.34. The first-order chi connectivity index (χ1) is 11.2. The van der Waals surface area contributed by atoms with E-state index in [4.69, 9.17) is 0 Å². The van der Waals surface area contributed by atoms with Gasteiger partial charge >= 0.3 is 0 Å². The van der Waals surface area contributed by atoms with Gasteiger partial charge in [-0.25, -0.2) is 0 Å². The van der Waals surface area contributed by atoms with Gasteiger partial charge in [0, 0.05) is 16.4 Å². The molecule has 1 N–H and O–H groups in total. The summed E-state index contributed by atoms with van der Waals surface area (Å²) in [4.78, 5) is 12.8. The second-order valence-electron chi connectivity index (χ2n) is 6.70. The number of benzene rings is 2. The topological polar surface area (TPSA) is 29.1 Å². The second-order valence-corrected chi connectivity index (χ2v) is 7.56. The third kappa shape index (κ3) is 3.20. The lowest BCUT2D eigenvalue weighted by Gasteiger charge is -2.17. The van der Waals surface area contributed by atoms with Crippen LogP contribution in [0.15, 0.2) is 59.1 Å². The van der Waals surface area contributed by atoms with Crippen LogP contribution in [0.25, 0.3) is 0 Å². The average Bonchev–Trinajstić information content (AvgIpc) is 3.46. The number of nitrogens with one attached hydrogen (secondary N) is 1. The molecule has 2 aliphatic rings. The molecule has 3 atom stereocenters. The fourth-order valence-electron chi connectivity index (χ4n) is 3.47. The number of hydrogen-bond acceptors (Lipinski definition) is 1. The third-order valence-corrected chi connectivity index (χ3v) is 5.68. The van der Waals surface area contributed by atoms with Gasteiger partial charge in [0.2, 0.25) is 5.91 Å². The van der Waals surface area contributed by atoms with Crippen molar-refractivity contribution in [2.75, 3.05) is 0 Å². The van der Waals surface area contributed by atoms with E-state index in [9.17, 15) is 4.79 Å². The quantitative estimate of drug-likeness (QED) is 0.818. The fraction of sp³-hybridized carbons (Fsp3) is 0.350. The maximum absolute atomic E-state index is 12.8. The molecule has 0 unspecified atom stereocenters. The highest BCUT2D eigenvalue weighted by Crippen LogP contribution is 2.46. The van der Waals surface area contributed by atoms with Gasteiger partial charge in [-0.3, -0.25) is 4.79 Å². The smallest absolute Gasteiger partial charge is 0.228 e. The summed E-state index contributed by atoms with van der Waals surface area (Å²) in [5, 5.41) is 3.29. The zero-order valence-electron chi connectivity index (χ0n) is 12.9. The Morgan fingerprint density at radius 2 is 1.74 bits per heavy atom. The highest BCUT2D eigenvalue weighted by Gasteiger charge is 2.44. The van der Waals surface area contributed by atoms with Crippen LogP contribution in [0.4, 0.5) is 0 Å². The largest absolute Gasteiger partial charge is 0.352 e. The molecule has 0 radical (unpaired) electrons. The summed E-state index contributed by atoms with van der Waals surface area (Å²) in [6.45, 7) is 0. The molecule has 4 rings (SSSR count). The zero-order chi connectivity index (χ0) is 15.8. The maximum atomic E-state index is 12.8. The van der Waals surface area contributed by atoms with Crippen LogP contribution < -0.4 is 5.32 Å². The van der Waals surface area contributed by atoms with Crippen LogP contribution in [0, 0.1) is 5.92 Å². The Kier molecular flexibility index (Phi) is 3.98. The van der Waals surface area contributed by atoms with Crippen molar-refractivity contribution < 1.29 is 4.79 Å². The van der Waals surface area contributed by atoms with Crippen molar-refractivity contribution in [3.05, 3.63) is 70.2 Å². The van der Waals surface area contributed by atoms with Crippen molar-refractivity contribution in [1.82, 2.24) is 5.32 Å². The minimum atomic E-state index is 0.0247. The van der Waals surface area contributed by atoms with Crippen LogP contribution in [0.2, 0.25) is 0 Å². The van der Waals surface area contributed by atoms with E-state index >= 15 is 0 Å². The predicted molar refractivity (Wildman–Crippen MR) is 95.3 cm³/mol. The standard InChI is InChI=1S/C20H20BrNO/c21-17-9-5-4-8-15(17)16-12-18(16)22-20(23)19(14-10-11-14)13-6-2-1-3-7-13/h1-9,14,16,18-19H,10-12H2,(H,22,23)/t16-,18+,19-/m0/s1. The summed E-state index contributed by atoms with van der Waals surface area (Å²) in [7, 11) is 0. The molecule has 0 aromatic heterocycles. The molecule has 0 spiro atoms. The molecule has 23 heavy (non-hydrogen) atoms. The molecule has 0 bridgehead atoms. The van der Waals surface area contributed by atoms with Crippen molar-refractivity contribution in [1.29, 1.82) is 0 Å². The SMILES string of the molecule is O=C(N[C@@H]1C[C@H]1c1ccccc1Br)[C@@H](c1ccccc1)C1CC1. The van der Waals surface area contributed by atoms with Crippen LogP contribution in [0.3, 0.4) is 0 Å². The van der Waals surface area contributed by atoms with Gasteiger partial charge in [0.15, 0.2) is 0 Å². The molecule has 2 fully saturated rings.